The Bertz CT molecular complexity index is 300. The first-order chi connectivity index (χ1) is 10.3. The average molecular weight is 297 g/mol. The van der Waals surface area contributed by atoms with E-state index >= 15 is 0 Å². The van der Waals surface area contributed by atoms with Crippen molar-refractivity contribution in [2.75, 3.05) is 39.4 Å². The minimum Gasteiger partial charge on any atom is -0.381 e. The highest BCUT2D eigenvalue weighted by Crippen LogP contribution is 2.09. The number of amides is 1. The molecular weight excluding hydrogens is 266 g/mol. The van der Waals surface area contributed by atoms with E-state index in [1.807, 2.05) is 0 Å². The highest BCUT2D eigenvalue weighted by atomic mass is 16.5. The summed E-state index contributed by atoms with van der Waals surface area (Å²) in [5.41, 5.74) is 0. The molecule has 0 aromatic carbocycles. The van der Waals surface area contributed by atoms with Gasteiger partial charge in [0.15, 0.2) is 0 Å². The molecule has 1 amide bonds. The van der Waals surface area contributed by atoms with Crippen LogP contribution in [0.25, 0.3) is 0 Å². The number of rotatable bonds is 8. The van der Waals surface area contributed by atoms with E-state index in [1.165, 1.54) is 19.3 Å². The van der Waals surface area contributed by atoms with Crippen molar-refractivity contribution in [1.82, 2.24) is 15.5 Å². The Hall–Kier alpha value is -0.650. The smallest absolute Gasteiger partial charge is 0.234 e. The highest BCUT2D eigenvalue weighted by Gasteiger charge is 2.21. The number of hydrogen-bond acceptors (Lipinski definition) is 4. The van der Waals surface area contributed by atoms with Crippen LogP contribution in [-0.2, 0) is 9.53 Å². The fraction of sp³-hybridized carbons (Fsp3) is 0.938. The van der Waals surface area contributed by atoms with Crippen molar-refractivity contribution in [3.05, 3.63) is 0 Å². The molecule has 2 saturated heterocycles. The van der Waals surface area contributed by atoms with Crippen LogP contribution in [0.5, 0.6) is 0 Å². The molecule has 5 heteroatoms. The molecule has 0 radical (unpaired) electrons. The molecule has 0 aromatic heterocycles. The van der Waals surface area contributed by atoms with Gasteiger partial charge in [-0.15, -0.1) is 0 Å². The van der Waals surface area contributed by atoms with E-state index in [2.05, 4.69) is 22.5 Å². The van der Waals surface area contributed by atoms with Crippen LogP contribution >= 0.6 is 0 Å². The molecule has 2 aliphatic heterocycles. The molecule has 0 saturated carbocycles. The predicted molar refractivity (Wildman–Crippen MR) is 84.4 cm³/mol. The minimum atomic E-state index is 0.177. The van der Waals surface area contributed by atoms with Gasteiger partial charge in [-0.2, -0.15) is 0 Å². The minimum absolute atomic E-state index is 0.177. The second kappa shape index (κ2) is 9.38. The third-order valence-corrected chi connectivity index (χ3v) is 4.42. The molecule has 2 rings (SSSR count). The lowest BCUT2D eigenvalue weighted by molar-refractivity contribution is -0.123. The SMILES string of the molecule is CCCCN(CC(=O)NC1CCOCC1)CC1CCCN1. The number of ether oxygens (including phenoxy) is 1. The quantitative estimate of drug-likeness (QED) is 0.705. The summed E-state index contributed by atoms with van der Waals surface area (Å²) in [6.07, 6.45) is 6.74. The van der Waals surface area contributed by atoms with Gasteiger partial charge in [-0.05, 0) is 45.2 Å². The van der Waals surface area contributed by atoms with Crippen molar-refractivity contribution in [2.45, 2.75) is 57.5 Å². The first-order valence-electron chi connectivity index (χ1n) is 8.60. The summed E-state index contributed by atoms with van der Waals surface area (Å²) >= 11 is 0. The number of nitrogens with zero attached hydrogens (tertiary/aromatic N) is 1. The van der Waals surface area contributed by atoms with Gasteiger partial charge in [0.2, 0.25) is 5.91 Å². The van der Waals surface area contributed by atoms with Gasteiger partial charge >= 0.3 is 0 Å². The topological polar surface area (TPSA) is 53.6 Å². The zero-order valence-corrected chi connectivity index (χ0v) is 13.4. The summed E-state index contributed by atoms with van der Waals surface area (Å²) < 4.78 is 5.33. The number of unbranched alkanes of at least 4 members (excludes halogenated alkanes) is 1. The third kappa shape index (κ3) is 6.32. The van der Waals surface area contributed by atoms with Crippen LogP contribution in [-0.4, -0.2) is 62.3 Å². The fourth-order valence-electron chi connectivity index (χ4n) is 3.16. The molecule has 0 aliphatic carbocycles. The molecular formula is C16H31N3O2. The maximum Gasteiger partial charge on any atom is 0.234 e. The normalized spacial score (nSPS) is 23.6. The Balaban J connectivity index is 1.73. The van der Waals surface area contributed by atoms with E-state index < -0.39 is 0 Å². The average Bonchev–Trinajstić information content (AvgIpc) is 2.98. The Labute approximate surface area is 128 Å². The van der Waals surface area contributed by atoms with Gasteiger partial charge < -0.3 is 15.4 Å². The standard InChI is InChI=1S/C16H31N3O2/c1-2-3-9-19(12-15-5-4-8-17-15)13-16(20)18-14-6-10-21-11-7-14/h14-15,17H,2-13H2,1H3,(H,18,20). The lowest BCUT2D eigenvalue weighted by Crippen LogP contribution is -2.47. The molecule has 2 heterocycles. The van der Waals surface area contributed by atoms with Crippen LogP contribution in [0.15, 0.2) is 0 Å². The van der Waals surface area contributed by atoms with E-state index in [0.29, 0.717) is 18.6 Å². The first kappa shape index (κ1) is 16.7. The molecule has 0 bridgehead atoms. The van der Waals surface area contributed by atoms with Crippen LogP contribution in [0.4, 0.5) is 0 Å². The summed E-state index contributed by atoms with van der Waals surface area (Å²) in [4.78, 5) is 14.6. The van der Waals surface area contributed by atoms with Crippen molar-refractivity contribution in [1.29, 1.82) is 0 Å². The molecule has 21 heavy (non-hydrogen) atoms. The number of hydrogen-bond donors (Lipinski definition) is 2. The number of carbonyl (C=O) groups excluding carboxylic acids is 1. The summed E-state index contributed by atoms with van der Waals surface area (Å²) in [5.74, 6) is 0.177. The fourth-order valence-corrected chi connectivity index (χ4v) is 3.16. The highest BCUT2D eigenvalue weighted by molar-refractivity contribution is 5.78. The van der Waals surface area contributed by atoms with Crippen LogP contribution in [0.1, 0.15) is 45.4 Å². The Morgan fingerprint density at radius 2 is 2.14 bits per heavy atom. The van der Waals surface area contributed by atoms with Crippen LogP contribution in [0.3, 0.4) is 0 Å². The van der Waals surface area contributed by atoms with Gasteiger partial charge in [-0.25, -0.2) is 0 Å². The van der Waals surface area contributed by atoms with Crippen molar-refractivity contribution in [3.8, 4) is 0 Å². The molecule has 0 aromatic rings. The second-order valence-corrected chi connectivity index (χ2v) is 6.34. The predicted octanol–water partition coefficient (Wildman–Crippen LogP) is 1.14. The third-order valence-electron chi connectivity index (χ3n) is 4.42. The van der Waals surface area contributed by atoms with E-state index in [1.54, 1.807) is 0 Å². The zero-order valence-electron chi connectivity index (χ0n) is 13.4. The van der Waals surface area contributed by atoms with Gasteiger partial charge in [0.05, 0.1) is 6.54 Å². The second-order valence-electron chi connectivity index (χ2n) is 6.34. The lowest BCUT2D eigenvalue weighted by Gasteiger charge is -2.27. The molecule has 2 N–H and O–H groups in total. The largest absolute Gasteiger partial charge is 0.381 e. The van der Waals surface area contributed by atoms with Crippen LogP contribution in [0.2, 0.25) is 0 Å². The van der Waals surface area contributed by atoms with Crippen molar-refractivity contribution in [3.63, 3.8) is 0 Å². The Morgan fingerprint density at radius 1 is 1.33 bits per heavy atom. The molecule has 5 nitrogen and oxygen atoms in total. The molecule has 0 spiro atoms. The molecule has 1 unspecified atom stereocenters. The van der Waals surface area contributed by atoms with Gasteiger partial charge in [0, 0.05) is 31.8 Å². The summed E-state index contributed by atoms with van der Waals surface area (Å²) in [6, 6.07) is 0.876. The van der Waals surface area contributed by atoms with Gasteiger partial charge in [-0.1, -0.05) is 13.3 Å². The summed E-state index contributed by atoms with van der Waals surface area (Å²) in [5, 5.41) is 6.70. The maximum absolute atomic E-state index is 12.2. The molecule has 122 valence electrons. The first-order valence-corrected chi connectivity index (χ1v) is 8.60. The Morgan fingerprint density at radius 3 is 2.81 bits per heavy atom. The van der Waals surface area contributed by atoms with E-state index in [-0.39, 0.29) is 5.91 Å². The van der Waals surface area contributed by atoms with Gasteiger partial charge in [0.1, 0.15) is 0 Å². The van der Waals surface area contributed by atoms with Gasteiger partial charge in [0.25, 0.3) is 0 Å². The lowest BCUT2D eigenvalue weighted by atomic mass is 10.1. The summed E-state index contributed by atoms with van der Waals surface area (Å²) in [7, 11) is 0. The van der Waals surface area contributed by atoms with E-state index in [0.717, 1.165) is 52.1 Å². The zero-order chi connectivity index (χ0) is 14.9. The molecule has 1 atom stereocenters. The molecule has 2 aliphatic rings. The van der Waals surface area contributed by atoms with Crippen molar-refractivity contribution >= 4 is 5.91 Å². The van der Waals surface area contributed by atoms with Crippen LogP contribution in [0, 0.1) is 0 Å². The van der Waals surface area contributed by atoms with Gasteiger partial charge in [-0.3, -0.25) is 9.69 Å². The van der Waals surface area contributed by atoms with E-state index in [9.17, 15) is 4.79 Å². The summed E-state index contributed by atoms with van der Waals surface area (Å²) in [6.45, 7) is 7.44. The monoisotopic (exact) mass is 297 g/mol. The Kier molecular flexibility index (Phi) is 7.47. The van der Waals surface area contributed by atoms with Crippen molar-refractivity contribution in [2.24, 2.45) is 0 Å². The molecule has 2 fully saturated rings. The van der Waals surface area contributed by atoms with E-state index in [4.69, 9.17) is 4.74 Å². The van der Waals surface area contributed by atoms with Crippen molar-refractivity contribution < 1.29 is 9.53 Å². The van der Waals surface area contributed by atoms with Crippen LogP contribution < -0.4 is 10.6 Å². The maximum atomic E-state index is 12.2. The number of nitrogens with one attached hydrogen (secondary N) is 2. The number of carbonyl (C=O) groups is 1.